The Morgan fingerprint density at radius 3 is 2.30 bits per heavy atom. The number of imide groups is 1. The maximum atomic E-state index is 14.1. The van der Waals surface area contributed by atoms with Gasteiger partial charge in [-0.05, 0) is 52.7 Å². The van der Waals surface area contributed by atoms with Crippen LogP contribution in [0, 0.1) is 16.0 Å². The molecule has 7 rings (SSSR count). The minimum absolute atomic E-state index is 0.161. The Labute approximate surface area is 276 Å². The molecule has 13 heteroatoms. The molecule has 3 heterocycles. The van der Waals surface area contributed by atoms with E-state index in [4.69, 9.17) is 0 Å². The second-order valence-electron chi connectivity index (χ2n) is 11.5. The number of anilines is 3. The summed E-state index contributed by atoms with van der Waals surface area (Å²) in [5.41, 5.74) is 2.36. The quantitative estimate of drug-likeness (QED) is 0.137. The average molecular weight is 666 g/mol. The summed E-state index contributed by atoms with van der Waals surface area (Å²) in [6, 6.07) is 26.2. The lowest BCUT2D eigenvalue weighted by molar-refractivity contribution is -0.384. The van der Waals surface area contributed by atoms with Crippen molar-refractivity contribution >= 4 is 74.3 Å². The molecule has 2 aliphatic rings. The van der Waals surface area contributed by atoms with Gasteiger partial charge in [0.2, 0.25) is 17.7 Å². The topological polar surface area (TPSA) is 135 Å². The minimum atomic E-state index is -0.882. The van der Waals surface area contributed by atoms with Crippen molar-refractivity contribution in [2.75, 3.05) is 29.2 Å². The Kier molecular flexibility index (Phi) is 7.65. The first kappa shape index (κ1) is 30.4. The molecule has 236 valence electrons. The number of non-ortho nitro benzene ring substituents is 1. The van der Waals surface area contributed by atoms with E-state index < -0.39 is 39.7 Å². The van der Waals surface area contributed by atoms with Crippen molar-refractivity contribution in [3.8, 4) is 0 Å². The lowest BCUT2D eigenvalue weighted by atomic mass is 9.83. The van der Waals surface area contributed by atoms with Gasteiger partial charge in [-0.25, -0.2) is 4.90 Å². The van der Waals surface area contributed by atoms with Crippen LogP contribution >= 0.6 is 23.1 Å². The summed E-state index contributed by atoms with van der Waals surface area (Å²) in [5, 5.41) is 15.7. The molecule has 1 N–H and O–H groups in total. The average Bonchev–Trinajstić information content (AvgIpc) is 3.50. The van der Waals surface area contributed by atoms with Crippen molar-refractivity contribution in [2.45, 2.75) is 22.7 Å². The van der Waals surface area contributed by atoms with E-state index in [1.54, 1.807) is 6.07 Å². The third-order valence-electron chi connectivity index (χ3n) is 8.47. The van der Waals surface area contributed by atoms with E-state index in [9.17, 15) is 29.3 Å². The number of benzene rings is 4. The van der Waals surface area contributed by atoms with Crippen LogP contribution in [0.4, 0.5) is 22.7 Å². The monoisotopic (exact) mass is 665 g/mol. The summed E-state index contributed by atoms with van der Waals surface area (Å²) in [6.07, 6.45) is 0. The summed E-state index contributed by atoms with van der Waals surface area (Å²) in [7, 11) is 3.83. The van der Waals surface area contributed by atoms with Crippen molar-refractivity contribution in [3.05, 3.63) is 121 Å². The van der Waals surface area contributed by atoms with Gasteiger partial charge in [-0.1, -0.05) is 65.6 Å². The second-order valence-corrected chi connectivity index (χ2v) is 13.7. The van der Waals surface area contributed by atoms with Gasteiger partial charge in [0, 0.05) is 48.4 Å². The fraction of sp³-hybridized carbons (Fsp3) is 0.176. The van der Waals surface area contributed by atoms with Gasteiger partial charge in [-0.3, -0.25) is 33.9 Å². The summed E-state index contributed by atoms with van der Waals surface area (Å²) in [5.74, 6) is -2.80. The highest BCUT2D eigenvalue weighted by atomic mass is 32.2. The van der Waals surface area contributed by atoms with Crippen LogP contribution in [0.15, 0.2) is 101 Å². The number of amides is 3. The molecule has 2 aliphatic heterocycles. The number of thiazole rings is 1. The molecule has 11 nitrogen and oxygen atoms in total. The number of hydrogen-bond donors (Lipinski definition) is 1. The Hall–Kier alpha value is -5.27. The number of carbonyl (C=O) groups is 3. The first-order valence-electron chi connectivity index (χ1n) is 14.7. The van der Waals surface area contributed by atoms with Gasteiger partial charge in [0.25, 0.3) is 5.69 Å². The molecule has 0 bridgehead atoms. The van der Waals surface area contributed by atoms with E-state index >= 15 is 0 Å². The van der Waals surface area contributed by atoms with Gasteiger partial charge in [0.05, 0.1) is 21.6 Å². The lowest BCUT2D eigenvalue weighted by Gasteiger charge is -2.31. The molecule has 3 unspecified atom stereocenters. The number of rotatable bonds is 7. The highest BCUT2D eigenvalue weighted by molar-refractivity contribution is 8.00. The third-order valence-corrected chi connectivity index (χ3v) is 11.1. The smallest absolute Gasteiger partial charge is 0.308 e. The van der Waals surface area contributed by atoms with E-state index in [0.717, 1.165) is 50.0 Å². The number of thioether (sulfide) groups is 1. The summed E-state index contributed by atoms with van der Waals surface area (Å²) < 4.78 is 1.38. The van der Waals surface area contributed by atoms with E-state index in [0.29, 0.717) is 15.6 Å². The van der Waals surface area contributed by atoms with Crippen LogP contribution in [0.25, 0.3) is 10.8 Å². The van der Waals surface area contributed by atoms with Crippen molar-refractivity contribution in [3.63, 3.8) is 0 Å². The van der Waals surface area contributed by atoms with Crippen LogP contribution in [0.5, 0.6) is 0 Å². The highest BCUT2D eigenvalue weighted by Crippen LogP contribution is 2.54. The number of nitro groups is 1. The van der Waals surface area contributed by atoms with Gasteiger partial charge in [-0.15, -0.1) is 0 Å². The zero-order valence-corrected chi connectivity index (χ0v) is 26.8. The van der Waals surface area contributed by atoms with Crippen molar-refractivity contribution in [1.82, 2.24) is 4.57 Å². The van der Waals surface area contributed by atoms with Crippen LogP contribution in [-0.2, 0) is 20.9 Å². The first-order chi connectivity index (χ1) is 22.6. The van der Waals surface area contributed by atoms with Gasteiger partial charge in [0.15, 0.2) is 0 Å². The van der Waals surface area contributed by atoms with E-state index in [1.165, 1.54) is 28.8 Å². The Morgan fingerprint density at radius 1 is 0.915 bits per heavy atom. The second kappa shape index (κ2) is 11.8. The molecule has 0 saturated carbocycles. The first-order valence-corrected chi connectivity index (χ1v) is 16.4. The van der Waals surface area contributed by atoms with E-state index in [-0.39, 0.29) is 22.8 Å². The molecule has 3 atom stereocenters. The summed E-state index contributed by atoms with van der Waals surface area (Å²) in [4.78, 5) is 68.8. The molecule has 1 aromatic heterocycles. The van der Waals surface area contributed by atoms with Gasteiger partial charge >= 0.3 is 4.87 Å². The Morgan fingerprint density at radius 2 is 1.62 bits per heavy atom. The molecule has 1 saturated heterocycles. The van der Waals surface area contributed by atoms with Crippen molar-refractivity contribution in [2.24, 2.45) is 5.92 Å². The molecule has 3 amide bonds. The molecule has 1 fully saturated rings. The minimum Gasteiger partial charge on any atom is -0.378 e. The Balaban J connectivity index is 1.26. The lowest BCUT2D eigenvalue weighted by Crippen LogP contribution is -2.33. The zero-order valence-electron chi connectivity index (χ0n) is 25.2. The molecule has 0 aliphatic carbocycles. The van der Waals surface area contributed by atoms with E-state index in [1.807, 2.05) is 79.7 Å². The number of nitro benzene ring substituents is 1. The molecule has 0 spiro atoms. The maximum Gasteiger partial charge on any atom is 0.308 e. The summed E-state index contributed by atoms with van der Waals surface area (Å²) >= 11 is 2.09. The van der Waals surface area contributed by atoms with Gasteiger partial charge in [-0.2, -0.15) is 0 Å². The van der Waals surface area contributed by atoms with Crippen LogP contribution in [0.3, 0.4) is 0 Å². The molecule has 47 heavy (non-hydrogen) atoms. The number of hydrogen-bond acceptors (Lipinski definition) is 9. The fourth-order valence-corrected chi connectivity index (χ4v) is 8.96. The summed E-state index contributed by atoms with van der Waals surface area (Å²) in [6.45, 7) is -0.275. The standard InChI is InChI=1S/C34H27N5O6S2/c1-36(2)23-11-8-20(9-12-23)27-28-29(32(42)38(31(28)41)24-13-15-25(16-14-24)39(44)45)46-33-30(27)47-34(43)37(33)18-26(40)35-22-10-7-19-5-3-4-6-21(19)17-22/h3-17,27-29H,18H2,1-2H3,(H,35,40). The predicted molar refractivity (Wildman–Crippen MR) is 182 cm³/mol. The van der Waals surface area contributed by atoms with Gasteiger partial charge in [0.1, 0.15) is 11.8 Å². The van der Waals surface area contributed by atoms with Crippen LogP contribution in [0.1, 0.15) is 16.4 Å². The molecule has 4 aromatic carbocycles. The number of nitrogens with one attached hydrogen (secondary N) is 1. The predicted octanol–water partition coefficient (Wildman–Crippen LogP) is 5.47. The van der Waals surface area contributed by atoms with Crippen LogP contribution in [0.2, 0.25) is 0 Å². The van der Waals surface area contributed by atoms with Crippen LogP contribution in [-0.4, -0.2) is 46.6 Å². The third kappa shape index (κ3) is 5.36. The fourth-order valence-electron chi connectivity index (χ4n) is 6.18. The number of fused-ring (bicyclic) bond motifs is 3. The zero-order chi connectivity index (χ0) is 33.0. The van der Waals surface area contributed by atoms with Crippen LogP contribution < -0.4 is 20.0 Å². The molecular weight excluding hydrogens is 639 g/mol. The van der Waals surface area contributed by atoms with Crippen molar-refractivity contribution in [1.29, 1.82) is 0 Å². The number of aromatic nitrogens is 1. The largest absolute Gasteiger partial charge is 0.378 e. The van der Waals surface area contributed by atoms with E-state index in [2.05, 4.69) is 5.32 Å². The highest BCUT2D eigenvalue weighted by Gasteiger charge is 2.56. The molecule has 0 radical (unpaired) electrons. The number of carbonyl (C=O) groups excluding carboxylic acids is 3. The van der Waals surface area contributed by atoms with Gasteiger partial charge < -0.3 is 10.2 Å². The molecule has 5 aromatic rings. The maximum absolute atomic E-state index is 14.1. The molecular formula is C34H27N5O6S2. The normalized spacial score (nSPS) is 18.6. The van der Waals surface area contributed by atoms with Crippen molar-refractivity contribution < 1.29 is 19.3 Å². The Bertz CT molecular complexity index is 2140. The SMILES string of the molecule is CN(C)c1ccc(C2c3sc(=O)n(CC(=O)Nc4ccc5ccccc5c4)c3SC3C(=O)N(c4ccc([N+](=O)[O-])cc4)C(=O)C32)cc1. The number of nitrogens with zero attached hydrogens (tertiary/aromatic N) is 4.